The molecule has 3 aromatic rings. The van der Waals surface area contributed by atoms with Gasteiger partial charge in [-0.05, 0) is 48.7 Å². The van der Waals surface area contributed by atoms with Crippen molar-refractivity contribution in [2.24, 2.45) is 0 Å². The molecule has 0 atom stereocenters. The molecule has 0 unspecified atom stereocenters. The first-order chi connectivity index (χ1) is 20.2. The molecule has 0 bridgehead atoms. The van der Waals surface area contributed by atoms with Gasteiger partial charge in [-0.3, -0.25) is 9.69 Å². The molecule has 1 amide bonds. The average molecular weight is 573 g/mol. The van der Waals surface area contributed by atoms with Gasteiger partial charge in [-0.1, -0.05) is 18.2 Å². The summed E-state index contributed by atoms with van der Waals surface area (Å²) in [6.07, 6.45) is 0. The summed E-state index contributed by atoms with van der Waals surface area (Å²) in [5.41, 5.74) is 4.75. The lowest BCUT2D eigenvalue weighted by atomic mass is 9.98. The monoisotopic (exact) mass is 572 g/mol. The van der Waals surface area contributed by atoms with Crippen molar-refractivity contribution >= 4 is 17.3 Å². The minimum atomic E-state index is -1.67. The zero-order valence-electron chi connectivity index (χ0n) is 23.6. The van der Waals surface area contributed by atoms with Crippen LogP contribution in [0.25, 0.3) is 0 Å². The van der Waals surface area contributed by atoms with Crippen LogP contribution in [-0.2, 0) is 6.54 Å². The van der Waals surface area contributed by atoms with E-state index in [2.05, 4.69) is 15.9 Å². The zero-order chi connectivity index (χ0) is 30.0. The Balaban J connectivity index is 1.25. The number of para-hydroxylation sites is 1. The van der Waals surface area contributed by atoms with Gasteiger partial charge in [-0.15, -0.1) is 0 Å². The van der Waals surface area contributed by atoms with E-state index in [9.17, 15) is 28.5 Å². The third-order valence-electron chi connectivity index (χ3n) is 8.21. The Kier molecular flexibility index (Phi) is 8.37. The van der Waals surface area contributed by atoms with E-state index in [1.165, 1.54) is 0 Å². The standard InChI is InChI=1S/C32H31F3N6O/c1-21-15-22(2)25(16-24(21)20-38-7-9-39(10-8-38)28-6-4-3-5-23(28)18-36)32(42)41-13-11-40(12-14-41)29-17-27(33)31(35)30(34)26(29)19-37/h3-6,15-17H,7-14,20H2,1-2H3. The van der Waals surface area contributed by atoms with Gasteiger partial charge in [0.25, 0.3) is 5.91 Å². The molecular formula is C32H31F3N6O. The van der Waals surface area contributed by atoms with Gasteiger partial charge in [0.15, 0.2) is 17.5 Å². The lowest BCUT2D eigenvalue weighted by molar-refractivity contribution is 0.0745. The van der Waals surface area contributed by atoms with Gasteiger partial charge in [-0.2, -0.15) is 10.5 Å². The minimum absolute atomic E-state index is 0.00832. The predicted octanol–water partition coefficient (Wildman–Crippen LogP) is 4.75. The number of piperazine rings is 2. The number of anilines is 2. The van der Waals surface area contributed by atoms with Crippen molar-refractivity contribution in [2.75, 3.05) is 62.2 Å². The Morgan fingerprint density at radius 3 is 2.10 bits per heavy atom. The molecule has 10 heteroatoms. The van der Waals surface area contributed by atoms with E-state index in [1.54, 1.807) is 15.9 Å². The van der Waals surface area contributed by atoms with Crippen LogP contribution in [0.3, 0.4) is 0 Å². The van der Waals surface area contributed by atoms with Gasteiger partial charge < -0.3 is 14.7 Å². The van der Waals surface area contributed by atoms with E-state index < -0.39 is 23.0 Å². The molecule has 0 N–H and O–H groups in total. The topological polar surface area (TPSA) is 77.6 Å². The third-order valence-corrected chi connectivity index (χ3v) is 8.21. The molecule has 216 valence electrons. The van der Waals surface area contributed by atoms with Crippen LogP contribution in [0.5, 0.6) is 0 Å². The van der Waals surface area contributed by atoms with Gasteiger partial charge >= 0.3 is 0 Å². The highest BCUT2D eigenvalue weighted by Crippen LogP contribution is 2.29. The third kappa shape index (κ3) is 5.63. The summed E-state index contributed by atoms with van der Waals surface area (Å²) in [5.74, 6) is -4.64. The predicted molar refractivity (Wildman–Crippen MR) is 154 cm³/mol. The molecule has 0 spiro atoms. The highest BCUT2D eigenvalue weighted by atomic mass is 19.2. The SMILES string of the molecule is Cc1cc(C)c(C(=O)N2CCN(c3cc(F)c(F)c(F)c3C#N)CC2)cc1CN1CCN(c2ccccc2C#N)CC1. The van der Waals surface area contributed by atoms with Gasteiger partial charge in [0.1, 0.15) is 17.7 Å². The summed E-state index contributed by atoms with van der Waals surface area (Å²) >= 11 is 0. The minimum Gasteiger partial charge on any atom is -0.368 e. The number of hydrogen-bond acceptors (Lipinski definition) is 6. The van der Waals surface area contributed by atoms with E-state index in [0.29, 0.717) is 30.8 Å². The van der Waals surface area contributed by atoms with Crippen LogP contribution in [0.15, 0.2) is 42.5 Å². The summed E-state index contributed by atoms with van der Waals surface area (Å²) in [6.45, 7) is 9.00. The molecule has 0 saturated carbocycles. The first-order valence-electron chi connectivity index (χ1n) is 13.9. The van der Waals surface area contributed by atoms with Crippen molar-refractivity contribution in [3.05, 3.63) is 93.3 Å². The van der Waals surface area contributed by atoms with Crippen LogP contribution >= 0.6 is 0 Å². The summed E-state index contributed by atoms with van der Waals surface area (Å²) in [6, 6.07) is 16.4. The fraction of sp³-hybridized carbons (Fsp3) is 0.344. The average Bonchev–Trinajstić information content (AvgIpc) is 3.01. The van der Waals surface area contributed by atoms with Gasteiger partial charge in [0, 0.05) is 70.5 Å². The maximum absolute atomic E-state index is 14.2. The Bertz CT molecular complexity index is 1600. The lowest BCUT2D eigenvalue weighted by Crippen LogP contribution is -2.49. The van der Waals surface area contributed by atoms with Crippen LogP contribution in [0.2, 0.25) is 0 Å². The van der Waals surface area contributed by atoms with Gasteiger partial charge in [0.2, 0.25) is 0 Å². The number of benzene rings is 3. The molecule has 2 aliphatic rings. The first-order valence-corrected chi connectivity index (χ1v) is 13.9. The van der Waals surface area contributed by atoms with Crippen LogP contribution in [0, 0.1) is 54.0 Å². The van der Waals surface area contributed by atoms with Crippen molar-refractivity contribution in [1.29, 1.82) is 10.5 Å². The maximum atomic E-state index is 14.2. The van der Waals surface area contributed by atoms with E-state index in [-0.39, 0.29) is 24.7 Å². The second-order valence-electron chi connectivity index (χ2n) is 10.8. The summed E-state index contributed by atoms with van der Waals surface area (Å²) < 4.78 is 41.7. The Hall–Kier alpha value is -4.54. The van der Waals surface area contributed by atoms with Crippen LogP contribution in [0.4, 0.5) is 24.5 Å². The van der Waals surface area contributed by atoms with Crippen molar-refractivity contribution in [2.45, 2.75) is 20.4 Å². The smallest absolute Gasteiger partial charge is 0.254 e. The van der Waals surface area contributed by atoms with Crippen LogP contribution < -0.4 is 9.80 Å². The van der Waals surface area contributed by atoms with Gasteiger partial charge in [-0.25, -0.2) is 13.2 Å². The Morgan fingerprint density at radius 2 is 1.43 bits per heavy atom. The van der Waals surface area contributed by atoms with Crippen LogP contribution in [0.1, 0.15) is 38.2 Å². The van der Waals surface area contributed by atoms with Crippen molar-refractivity contribution in [3.63, 3.8) is 0 Å². The Labute approximate surface area is 243 Å². The number of halogens is 3. The second-order valence-corrected chi connectivity index (χ2v) is 10.8. The summed E-state index contributed by atoms with van der Waals surface area (Å²) in [4.78, 5) is 21.5. The molecule has 2 heterocycles. The largest absolute Gasteiger partial charge is 0.368 e. The number of rotatable bonds is 5. The molecule has 0 aromatic heterocycles. The fourth-order valence-electron chi connectivity index (χ4n) is 5.79. The molecular weight excluding hydrogens is 541 g/mol. The number of nitrogens with zero attached hydrogens (tertiary/aromatic N) is 6. The molecule has 2 saturated heterocycles. The molecule has 42 heavy (non-hydrogen) atoms. The van der Waals surface area contributed by atoms with E-state index in [4.69, 9.17) is 0 Å². The quantitative estimate of drug-likeness (QED) is 0.411. The normalized spacial score (nSPS) is 15.8. The molecule has 3 aromatic carbocycles. The number of nitriles is 2. The molecule has 0 aliphatic carbocycles. The highest BCUT2D eigenvalue weighted by Gasteiger charge is 2.28. The first kappa shape index (κ1) is 29.0. The summed E-state index contributed by atoms with van der Waals surface area (Å²) in [7, 11) is 0. The molecule has 7 nitrogen and oxygen atoms in total. The number of hydrogen-bond donors (Lipinski definition) is 0. The summed E-state index contributed by atoms with van der Waals surface area (Å²) in [5, 5.41) is 18.8. The number of carbonyl (C=O) groups is 1. The maximum Gasteiger partial charge on any atom is 0.254 e. The van der Waals surface area contributed by atoms with Gasteiger partial charge in [0.05, 0.1) is 16.9 Å². The van der Waals surface area contributed by atoms with E-state index in [1.807, 2.05) is 50.2 Å². The highest BCUT2D eigenvalue weighted by molar-refractivity contribution is 5.96. The lowest BCUT2D eigenvalue weighted by Gasteiger charge is -2.37. The van der Waals surface area contributed by atoms with E-state index in [0.717, 1.165) is 54.6 Å². The zero-order valence-corrected chi connectivity index (χ0v) is 23.6. The Morgan fingerprint density at radius 1 is 0.786 bits per heavy atom. The molecule has 5 rings (SSSR count). The number of amides is 1. The molecule has 0 radical (unpaired) electrons. The van der Waals surface area contributed by atoms with E-state index >= 15 is 0 Å². The van der Waals surface area contributed by atoms with Crippen molar-refractivity contribution in [1.82, 2.24) is 9.80 Å². The fourth-order valence-corrected chi connectivity index (χ4v) is 5.79. The van der Waals surface area contributed by atoms with Crippen molar-refractivity contribution in [3.8, 4) is 12.1 Å². The second kappa shape index (κ2) is 12.1. The number of aryl methyl sites for hydroxylation is 2. The van der Waals surface area contributed by atoms with Crippen molar-refractivity contribution < 1.29 is 18.0 Å². The molecule has 2 aliphatic heterocycles. The molecule has 2 fully saturated rings. The number of carbonyl (C=O) groups excluding carboxylic acids is 1. The van der Waals surface area contributed by atoms with Crippen LogP contribution in [-0.4, -0.2) is 68.1 Å².